The van der Waals surface area contributed by atoms with E-state index in [1.54, 1.807) is 19.1 Å². The van der Waals surface area contributed by atoms with Crippen LogP contribution in [0.15, 0.2) is 41.6 Å². The summed E-state index contributed by atoms with van der Waals surface area (Å²) in [5.74, 6) is 1.26. The number of ether oxygens (including phenoxy) is 2. The molecular formula is C19H19N3O6. The van der Waals surface area contributed by atoms with Gasteiger partial charge in [-0.15, -0.1) is 0 Å². The molecule has 0 fully saturated rings. The second-order valence-corrected chi connectivity index (χ2v) is 6.09. The first-order valence-corrected chi connectivity index (χ1v) is 8.49. The molecule has 2 aromatic carbocycles. The lowest BCUT2D eigenvalue weighted by atomic mass is 9.99. The summed E-state index contributed by atoms with van der Waals surface area (Å²) >= 11 is 0. The van der Waals surface area contributed by atoms with E-state index >= 15 is 0 Å². The fourth-order valence-corrected chi connectivity index (χ4v) is 2.91. The molecule has 0 N–H and O–H groups in total. The van der Waals surface area contributed by atoms with Crippen molar-refractivity contribution in [3.05, 3.63) is 63.2 Å². The van der Waals surface area contributed by atoms with Crippen LogP contribution in [0.1, 0.15) is 16.7 Å². The highest BCUT2D eigenvalue weighted by Gasteiger charge is 2.24. The standard InChI is InChI=1S/C19H19N3O6/c1-26-17-9-14-7-8-21(12-15(14)10-18(17)27-2)19(23)28-20-11-13-3-5-16(6-4-13)22(24)25/h3-6,9-11H,7-8,12H2,1-2H3/b20-11+. The zero-order valence-electron chi connectivity index (χ0n) is 15.5. The predicted molar refractivity (Wildman–Crippen MR) is 101 cm³/mol. The van der Waals surface area contributed by atoms with Crippen molar-refractivity contribution in [2.24, 2.45) is 5.16 Å². The highest BCUT2D eigenvalue weighted by atomic mass is 16.7. The second kappa shape index (κ2) is 8.38. The predicted octanol–water partition coefficient (Wildman–Crippen LogP) is 3.14. The highest BCUT2D eigenvalue weighted by molar-refractivity contribution is 5.80. The lowest BCUT2D eigenvalue weighted by molar-refractivity contribution is -0.384. The molecule has 0 aromatic heterocycles. The summed E-state index contributed by atoms with van der Waals surface area (Å²) in [7, 11) is 3.14. The Morgan fingerprint density at radius 2 is 1.79 bits per heavy atom. The number of nitro groups is 1. The maximum absolute atomic E-state index is 12.3. The minimum Gasteiger partial charge on any atom is -0.493 e. The Morgan fingerprint density at radius 3 is 2.39 bits per heavy atom. The molecule has 0 spiro atoms. The van der Waals surface area contributed by atoms with Crippen molar-refractivity contribution >= 4 is 18.0 Å². The SMILES string of the molecule is COc1cc2c(cc1OC)CN(C(=O)O/N=C/c1ccc([N+](=O)[O-])cc1)CC2. The first-order valence-electron chi connectivity index (χ1n) is 8.49. The first kappa shape index (κ1) is 19.2. The number of nitro benzene ring substituents is 1. The van der Waals surface area contributed by atoms with Crippen molar-refractivity contribution in [1.82, 2.24) is 4.90 Å². The molecule has 1 aliphatic rings. The number of benzene rings is 2. The van der Waals surface area contributed by atoms with Gasteiger partial charge in [0.05, 0.1) is 25.4 Å². The van der Waals surface area contributed by atoms with E-state index in [0.717, 1.165) is 11.1 Å². The molecule has 0 saturated heterocycles. The Bertz CT molecular complexity index is 911. The molecule has 146 valence electrons. The number of carbonyl (C=O) groups excluding carboxylic acids is 1. The summed E-state index contributed by atoms with van der Waals surface area (Å²) in [6.45, 7) is 0.871. The number of rotatable bonds is 5. The first-order chi connectivity index (χ1) is 13.5. The zero-order valence-corrected chi connectivity index (χ0v) is 15.5. The van der Waals surface area contributed by atoms with Crippen LogP contribution in [0.25, 0.3) is 0 Å². The van der Waals surface area contributed by atoms with Crippen LogP contribution in [0.5, 0.6) is 11.5 Å². The molecule has 1 aliphatic heterocycles. The van der Waals surface area contributed by atoms with E-state index in [2.05, 4.69) is 5.16 Å². The van der Waals surface area contributed by atoms with Gasteiger partial charge in [0.1, 0.15) is 0 Å². The number of non-ortho nitro benzene ring substituents is 1. The van der Waals surface area contributed by atoms with Crippen LogP contribution < -0.4 is 9.47 Å². The molecule has 9 nitrogen and oxygen atoms in total. The van der Waals surface area contributed by atoms with Gasteiger partial charge in [-0.2, -0.15) is 0 Å². The van der Waals surface area contributed by atoms with Gasteiger partial charge in [-0.3, -0.25) is 15.0 Å². The summed E-state index contributed by atoms with van der Waals surface area (Å²) in [5, 5.41) is 14.3. The summed E-state index contributed by atoms with van der Waals surface area (Å²) in [6, 6.07) is 9.52. The molecule has 0 unspecified atom stereocenters. The van der Waals surface area contributed by atoms with Gasteiger partial charge in [0.25, 0.3) is 5.69 Å². The Morgan fingerprint density at radius 1 is 1.14 bits per heavy atom. The van der Waals surface area contributed by atoms with Gasteiger partial charge in [-0.05, 0) is 47.4 Å². The second-order valence-electron chi connectivity index (χ2n) is 6.09. The number of hydrogen-bond donors (Lipinski definition) is 0. The van der Waals surface area contributed by atoms with Gasteiger partial charge < -0.3 is 14.4 Å². The van der Waals surface area contributed by atoms with E-state index in [4.69, 9.17) is 14.3 Å². The van der Waals surface area contributed by atoms with Crippen molar-refractivity contribution in [3.8, 4) is 11.5 Å². The molecule has 28 heavy (non-hydrogen) atoms. The molecule has 0 bridgehead atoms. The minimum absolute atomic E-state index is 0.0202. The highest BCUT2D eigenvalue weighted by Crippen LogP contribution is 2.33. The normalized spacial score (nSPS) is 13.1. The summed E-state index contributed by atoms with van der Waals surface area (Å²) < 4.78 is 10.6. The fraction of sp³-hybridized carbons (Fsp3) is 0.263. The Kier molecular flexibility index (Phi) is 5.73. The van der Waals surface area contributed by atoms with E-state index in [-0.39, 0.29) is 5.69 Å². The molecule has 0 atom stereocenters. The molecule has 1 heterocycles. The maximum atomic E-state index is 12.3. The minimum atomic E-state index is -0.571. The van der Waals surface area contributed by atoms with Crippen LogP contribution in [-0.2, 0) is 17.8 Å². The summed E-state index contributed by atoms with van der Waals surface area (Å²) in [4.78, 5) is 28.9. The number of oxime groups is 1. The van der Waals surface area contributed by atoms with Gasteiger partial charge in [0.15, 0.2) is 11.5 Å². The van der Waals surface area contributed by atoms with E-state index in [9.17, 15) is 14.9 Å². The molecule has 0 saturated carbocycles. The van der Waals surface area contributed by atoms with Crippen molar-refractivity contribution in [1.29, 1.82) is 0 Å². The Labute approximate surface area is 161 Å². The van der Waals surface area contributed by atoms with Gasteiger partial charge in [-0.25, -0.2) is 4.79 Å². The van der Waals surface area contributed by atoms with E-state index in [1.807, 2.05) is 12.1 Å². The monoisotopic (exact) mass is 385 g/mol. The van der Waals surface area contributed by atoms with Crippen LogP contribution in [0.4, 0.5) is 10.5 Å². The van der Waals surface area contributed by atoms with Gasteiger partial charge in [-0.1, -0.05) is 5.16 Å². The van der Waals surface area contributed by atoms with Crippen LogP contribution >= 0.6 is 0 Å². The van der Waals surface area contributed by atoms with Crippen LogP contribution in [0.3, 0.4) is 0 Å². The largest absolute Gasteiger partial charge is 0.493 e. The molecule has 2 aromatic rings. The number of fused-ring (bicyclic) bond motifs is 1. The van der Waals surface area contributed by atoms with E-state index in [1.165, 1.54) is 30.5 Å². The van der Waals surface area contributed by atoms with Crippen LogP contribution in [-0.4, -0.2) is 42.9 Å². The van der Waals surface area contributed by atoms with Crippen molar-refractivity contribution in [2.45, 2.75) is 13.0 Å². The lowest BCUT2D eigenvalue weighted by Gasteiger charge is -2.27. The number of nitrogens with zero attached hydrogens (tertiary/aromatic N) is 3. The Hall–Kier alpha value is -3.62. The maximum Gasteiger partial charge on any atom is 0.436 e. The third-order valence-corrected chi connectivity index (χ3v) is 4.41. The Balaban J connectivity index is 1.62. The number of hydrogen-bond acceptors (Lipinski definition) is 7. The molecule has 0 aliphatic carbocycles. The van der Waals surface area contributed by atoms with Crippen LogP contribution in [0.2, 0.25) is 0 Å². The average Bonchev–Trinajstić information content (AvgIpc) is 2.72. The molecular weight excluding hydrogens is 366 g/mol. The summed E-state index contributed by atoms with van der Waals surface area (Å²) in [5.41, 5.74) is 2.61. The van der Waals surface area contributed by atoms with Crippen molar-refractivity contribution in [2.75, 3.05) is 20.8 Å². The van der Waals surface area contributed by atoms with Gasteiger partial charge in [0.2, 0.25) is 0 Å². The third kappa shape index (κ3) is 4.20. The van der Waals surface area contributed by atoms with Gasteiger partial charge in [0, 0.05) is 25.2 Å². The smallest absolute Gasteiger partial charge is 0.436 e. The summed E-state index contributed by atoms with van der Waals surface area (Å²) in [6.07, 6.45) is 1.42. The zero-order chi connectivity index (χ0) is 20.1. The average molecular weight is 385 g/mol. The van der Waals surface area contributed by atoms with Crippen molar-refractivity contribution in [3.63, 3.8) is 0 Å². The number of methoxy groups -OCH3 is 2. The number of amides is 1. The fourth-order valence-electron chi connectivity index (χ4n) is 2.91. The molecule has 1 amide bonds. The quantitative estimate of drug-likeness (QED) is 0.339. The molecule has 9 heteroatoms. The number of carbonyl (C=O) groups is 1. The third-order valence-electron chi connectivity index (χ3n) is 4.41. The van der Waals surface area contributed by atoms with E-state index in [0.29, 0.717) is 36.6 Å². The van der Waals surface area contributed by atoms with E-state index < -0.39 is 11.0 Å². The lowest BCUT2D eigenvalue weighted by Crippen LogP contribution is -2.35. The topological polar surface area (TPSA) is 104 Å². The molecule has 0 radical (unpaired) electrons. The van der Waals surface area contributed by atoms with Crippen molar-refractivity contribution < 1.29 is 24.0 Å². The van der Waals surface area contributed by atoms with Crippen LogP contribution in [0, 0.1) is 10.1 Å². The molecule has 3 rings (SSSR count). The van der Waals surface area contributed by atoms with Gasteiger partial charge >= 0.3 is 6.09 Å².